The summed E-state index contributed by atoms with van der Waals surface area (Å²) < 4.78 is 62.1. The second-order valence-corrected chi connectivity index (χ2v) is 9.84. The monoisotopic (exact) mass is 483 g/mol. The van der Waals surface area contributed by atoms with Gasteiger partial charge in [-0.15, -0.1) is 0 Å². The van der Waals surface area contributed by atoms with Crippen molar-refractivity contribution in [1.82, 2.24) is 8.87 Å². The molecule has 1 aliphatic heterocycles. The summed E-state index contributed by atoms with van der Waals surface area (Å²) in [6.07, 6.45) is 0.807. The van der Waals surface area contributed by atoms with Gasteiger partial charge in [-0.1, -0.05) is 0 Å². The molecular formula is C22H27F2N3O5S. The average Bonchev–Trinajstić information content (AvgIpc) is 3.00. The number of benzene rings is 1. The van der Waals surface area contributed by atoms with Crippen molar-refractivity contribution >= 4 is 27.6 Å². The maximum absolute atomic E-state index is 13.9. The minimum absolute atomic E-state index is 0.0168. The highest BCUT2D eigenvalue weighted by atomic mass is 32.2. The summed E-state index contributed by atoms with van der Waals surface area (Å²) in [5.41, 5.74) is 0.649. The first-order chi connectivity index (χ1) is 15.5. The van der Waals surface area contributed by atoms with Crippen LogP contribution in [0.2, 0.25) is 0 Å². The molecule has 180 valence electrons. The van der Waals surface area contributed by atoms with Gasteiger partial charge in [-0.2, -0.15) is 4.31 Å². The van der Waals surface area contributed by atoms with Gasteiger partial charge in [0.2, 0.25) is 15.9 Å². The van der Waals surface area contributed by atoms with Crippen molar-refractivity contribution in [1.29, 1.82) is 0 Å². The van der Waals surface area contributed by atoms with Crippen LogP contribution in [0.15, 0.2) is 23.1 Å². The fourth-order valence-corrected chi connectivity index (χ4v) is 6.01. The van der Waals surface area contributed by atoms with Crippen molar-refractivity contribution in [3.63, 3.8) is 0 Å². The van der Waals surface area contributed by atoms with Crippen LogP contribution in [0.5, 0.6) is 0 Å². The number of esters is 1. The molecule has 1 N–H and O–H groups in total. The predicted molar refractivity (Wildman–Crippen MR) is 117 cm³/mol. The van der Waals surface area contributed by atoms with Gasteiger partial charge in [-0.25, -0.2) is 22.0 Å². The second kappa shape index (κ2) is 9.60. The molecule has 1 aromatic carbocycles. The highest BCUT2D eigenvalue weighted by molar-refractivity contribution is 7.89. The number of rotatable bonds is 6. The summed E-state index contributed by atoms with van der Waals surface area (Å²) >= 11 is 0. The van der Waals surface area contributed by atoms with Crippen LogP contribution in [0, 0.1) is 31.4 Å². The third-order valence-electron chi connectivity index (χ3n) is 5.95. The van der Waals surface area contributed by atoms with E-state index in [0.717, 1.165) is 12.1 Å². The number of sulfonamides is 1. The number of hydrogen-bond donors (Lipinski definition) is 1. The average molecular weight is 484 g/mol. The summed E-state index contributed by atoms with van der Waals surface area (Å²) in [4.78, 5) is 25.2. The molecule has 8 nitrogen and oxygen atoms in total. The summed E-state index contributed by atoms with van der Waals surface area (Å²) in [6.45, 7) is 5.02. The van der Waals surface area contributed by atoms with Crippen LogP contribution >= 0.6 is 0 Å². The lowest BCUT2D eigenvalue weighted by atomic mass is 9.98. The molecule has 1 amide bonds. The van der Waals surface area contributed by atoms with Crippen LogP contribution in [0.1, 0.15) is 41.5 Å². The van der Waals surface area contributed by atoms with Gasteiger partial charge in [0.25, 0.3) is 0 Å². The first-order valence-corrected chi connectivity index (χ1v) is 12.0. The molecule has 1 aromatic heterocycles. The molecular weight excluding hydrogens is 456 g/mol. The molecule has 1 fully saturated rings. The van der Waals surface area contributed by atoms with E-state index in [1.54, 1.807) is 32.4 Å². The number of halogens is 2. The Morgan fingerprint density at radius 3 is 2.55 bits per heavy atom. The Balaban J connectivity index is 1.88. The Bertz CT molecular complexity index is 1190. The maximum atomic E-state index is 13.9. The fourth-order valence-electron chi connectivity index (χ4n) is 4.01. The smallest absolute Gasteiger partial charge is 0.341 e. The van der Waals surface area contributed by atoms with Crippen molar-refractivity contribution in [2.24, 2.45) is 13.0 Å². The first kappa shape index (κ1) is 24.8. The zero-order valence-corrected chi connectivity index (χ0v) is 19.8. The topological polar surface area (TPSA) is 97.7 Å². The van der Waals surface area contributed by atoms with E-state index in [9.17, 15) is 26.8 Å². The van der Waals surface area contributed by atoms with Crippen LogP contribution in [0.3, 0.4) is 0 Å². The molecule has 0 bridgehead atoms. The summed E-state index contributed by atoms with van der Waals surface area (Å²) in [7, 11) is -2.47. The lowest BCUT2D eigenvalue weighted by Crippen LogP contribution is -2.44. The summed E-state index contributed by atoms with van der Waals surface area (Å²) in [6, 6.07) is 2.79. The molecule has 0 radical (unpaired) electrons. The van der Waals surface area contributed by atoms with Gasteiger partial charge in [0, 0.05) is 37.6 Å². The van der Waals surface area contributed by atoms with Gasteiger partial charge in [0.05, 0.1) is 18.2 Å². The Kier molecular flexibility index (Phi) is 7.23. The van der Waals surface area contributed by atoms with E-state index in [-0.39, 0.29) is 35.8 Å². The summed E-state index contributed by atoms with van der Waals surface area (Å²) in [5, 5.41) is 2.41. The van der Waals surface area contributed by atoms with E-state index in [0.29, 0.717) is 30.3 Å². The van der Waals surface area contributed by atoms with Gasteiger partial charge < -0.3 is 14.6 Å². The zero-order valence-electron chi connectivity index (χ0n) is 18.9. The molecule has 0 aliphatic carbocycles. The molecule has 1 atom stereocenters. The van der Waals surface area contributed by atoms with E-state index < -0.39 is 39.5 Å². The third kappa shape index (κ3) is 4.79. The van der Waals surface area contributed by atoms with E-state index in [1.807, 2.05) is 0 Å². The van der Waals surface area contributed by atoms with Crippen LogP contribution in [0.25, 0.3) is 0 Å². The lowest BCUT2D eigenvalue weighted by Gasteiger charge is -2.31. The van der Waals surface area contributed by atoms with Gasteiger partial charge >= 0.3 is 5.97 Å². The highest BCUT2D eigenvalue weighted by Crippen LogP contribution is 2.32. The van der Waals surface area contributed by atoms with Gasteiger partial charge in [-0.3, -0.25) is 4.79 Å². The largest absolute Gasteiger partial charge is 0.462 e. The number of carbonyl (C=O) groups is 2. The molecule has 1 saturated heterocycles. The minimum atomic E-state index is -4.13. The third-order valence-corrected chi connectivity index (χ3v) is 7.97. The Labute approximate surface area is 191 Å². The molecule has 33 heavy (non-hydrogen) atoms. The maximum Gasteiger partial charge on any atom is 0.341 e. The highest BCUT2D eigenvalue weighted by Gasteiger charge is 2.39. The van der Waals surface area contributed by atoms with Crippen molar-refractivity contribution in [2.75, 3.05) is 25.0 Å². The van der Waals surface area contributed by atoms with E-state index in [2.05, 4.69) is 5.32 Å². The Hall–Kier alpha value is -2.79. The predicted octanol–water partition coefficient (Wildman–Crippen LogP) is 3.14. The number of hydrogen-bond acceptors (Lipinski definition) is 5. The molecule has 2 heterocycles. The molecule has 0 saturated carbocycles. The number of amides is 1. The first-order valence-electron chi connectivity index (χ1n) is 10.6. The number of anilines is 1. The SMILES string of the molecule is CCOC(=O)c1c(S(=O)(=O)N2CCC[C@@H](C(=O)Nc3ccc(F)cc3F)C2)c(C)n(C)c1C. The van der Waals surface area contributed by atoms with E-state index >= 15 is 0 Å². The van der Waals surface area contributed by atoms with Gasteiger partial charge in [-0.05, 0) is 45.7 Å². The molecule has 11 heteroatoms. The molecule has 1 aliphatic rings. The van der Waals surface area contributed by atoms with Crippen LogP contribution in [0.4, 0.5) is 14.5 Å². The number of nitrogens with one attached hydrogen (secondary N) is 1. The molecule has 0 spiro atoms. The molecule has 0 unspecified atom stereocenters. The number of ether oxygens (including phenoxy) is 1. The van der Waals surface area contributed by atoms with Crippen molar-refractivity contribution in [3.8, 4) is 0 Å². The van der Waals surface area contributed by atoms with Crippen LogP contribution < -0.4 is 5.32 Å². The summed E-state index contributed by atoms with van der Waals surface area (Å²) in [5.74, 6) is -3.72. The van der Waals surface area contributed by atoms with Crippen molar-refractivity contribution < 1.29 is 31.5 Å². The van der Waals surface area contributed by atoms with E-state index in [1.165, 1.54) is 4.31 Å². The Morgan fingerprint density at radius 2 is 1.91 bits per heavy atom. The number of aromatic nitrogens is 1. The van der Waals surface area contributed by atoms with Crippen molar-refractivity contribution in [3.05, 3.63) is 46.8 Å². The van der Waals surface area contributed by atoms with Gasteiger partial charge in [0.15, 0.2) is 0 Å². The van der Waals surface area contributed by atoms with Crippen LogP contribution in [-0.2, 0) is 26.6 Å². The fraction of sp³-hybridized carbons (Fsp3) is 0.455. The lowest BCUT2D eigenvalue weighted by molar-refractivity contribution is -0.120. The van der Waals surface area contributed by atoms with Gasteiger partial charge in [0.1, 0.15) is 22.1 Å². The number of piperidine rings is 1. The van der Waals surface area contributed by atoms with Crippen LogP contribution in [-0.4, -0.2) is 48.9 Å². The Morgan fingerprint density at radius 1 is 1.21 bits per heavy atom. The normalized spacial score (nSPS) is 17.1. The minimum Gasteiger partial charge on any atom is -0.462 e. The second-order valence-electron chi connectivity index (χ2n) is 7.97. The quantitative estimate of drug-likeness (QED) is 0.637. The zero-order chi connectivity index (χ0) is 24.5. The number of carbonyl (C=O) groups excluding carboxylic acids is 2. The molecule has 3 rings (SSSR count). The van der Waals surface area contributed by atoms with Crippen molar-refractivity contribution in [2.45, 2.75) is 38.5 Å². The molecule has 2 aromatic rings. The standard InChI is InChI=1S/C22H27F2N3O5S/c1-5-32-22(29)19-13(2)26(4)14(3)20(19)33(30,31)27-10-6-7-15(12-27)21(28)25-18-9-8-16(23)11-17(18)24/h8-9,11,15H,5-7,10,12H2,1-4H3,(H,25,28)/t15-/m1/s1. The number of nitrogens with zero attached hydrogens (tertiary/aromatic N) is 2. The van der Waals surface area contributed by atoms with E-state index in [4.69, 9.17) is 4.74 Å².